The number of amides is 1. The predicted octanol–water partition coefficient (Wildman–Crippen LogP) is 2.28. The number of hydrogen-bond acceptors (Lipinski definition) is 4. The van der Waals surface area contributed by atoms with Crippen LogP contribution in [0.1, 0.15) is 21.7 Å². The van der Waals surface area contributed by atoms with Gasteiger partial charge in [-0.2, -0.15) is 0 Å². The van der Waals surface area contributed by atoms with E-state index in [1.54, 1.807) is 23.8 Å². The first kappa shape index (κ1) is 16.5. The molecule has 0 fully saturated rings. The van der Waals surface area contributed by atoms with Crippen molar-refractivity contribution in [1.82, 2.24) is 14.8 Å². The smallest absolute Gasteiger partial charge is 0.286 e. The first-order valence-corrected chi connectivity index (χ1v) is 7.16. The second kappa shape index (κ2) is 6.91. The minimum absolute atomic E-state index is 0.0899. The Labute approximate surface area is 135 Å². The number of benzene rings is 1. The van der Waals surface area contributed by atoms with Crippen molar-refractivity contribution in [2.24, 2.45) is 5.73 Å². The maximum atomic E-state index is 11.6. The molecule has 0 aliphatic carbocycles. The number of rotatable bonds is 7. The zero-order chi connectivity index (χ0) is 17.0. The van der Waals surface area contributed by atoms with Gasteiger partial charge in [0.1, 0.15) is 5.75 Å². The van der Waals surface area contributed by atoms with Gasteiger partial charge in [0.05, 0.1) is 12.7 Å². The lowest BCUT2D eigenvalue weighted by Crippen LogP contribution is -2.18. The van der Waals surface area contributed by atoms with Crippen LogP contribution in [0.4, 0.5) is 0 Å². The highest BCUT2D eigenvalue weighted by atomic mass is 16.5. The first-order valence-electron chi connectivity index (χ1n) is 7.16. The molecule has 6 heteroatoms. The van der Waals surface area contributed by atoms with Crippen LogP contribution in [-0.2, 0) is 13.0 Å². The number of allylic oxidation sites excluding steroid dienone is 2. The minimum atomic E-state index is -0.637. The average molecular weight is 312 g/mol. The summed E-state index contributed by atoms with van der Waals surface area (Å²) in [6.45, 7) is 9.86. The van der Waals surface area contributed by atoms with Gasteiger partial charge in [-0.3, -0.25) is 9.36 Å². The van der Waals surface area contributed by atoms with Gasteiger partial charge in [0.2, 0.25) is 5.82 Å². The summed E-state index contributed by atoms with van der Waals surface area (Å²) < 4.78 is 7.15. The normalized spacial score (nSPS) is 10.3. The van der Waals surface area contributed by atoms with Crippen LogP contribution in [0.15, 0.2) is 37.4 Å². The van der Waals surface area contributed by atoms with E-state index >= 15 is 0 Å². The minimum Gasteiger partial charge on any atom is -0.496 e. The van der Waals surface area contributed by atoms with E-state index in [1.165, 1.54) is 0 Å². The van der Waals surface area contributed by atoms with Gasteiger partial charge in [0, 0.05) is 6.54 Å². The molecule has 2 N–H and O–H groups in total. The molecular formula is C17H20N4O2. The number of nitrogens with two attached hydrogens (primary N) is 1. The molecule has 2 rings (SSSR count). The third-order valence-electron chi connectivity index (χ3n) is 3.42. The highest BCUT2D eigenvalue weighted by molar-refractivity contribution is 5.90. The predicted molar refractivity (Wildman–Crippen MR) is 89.4 cm³/mol. The third-order valence-corrected chi connectivity index (χ3v) is 3.42. The Morgan fingerprint density at radius 1 is 1.35 bits per heavy atom. The monoisotopic (exact) mass is 312 g/mol. The summed E-state index contributed by atoms with van der Waals surface area (Å²) in [5.41, 5.74) is 8.21. The molecule has 6 nitrogen and oxygen atoms in total. The summed E-state index contributed by atoms with van der Waals surface area (Å²) in [6, 6.07) is 3.95. The summed E-state index contributed by atoms with van der Waals surface area (Å²) >= 11 is 0. The highest BCUT2D eigenvalue weighted by Gasteiger charge is 2.22. The molecule has 0 radical (unpaired) electrons. The van der Waals surface area contributed by atoms with Crippen LogP contribution in [0.3, 0.4) is 0 Å². The van der Waals surface area contributed by atoms with Crippen molar-refractivity contribution >= 4 is 5.91 Å². The van der Waals surface area contributed by atoms with Crippen LogP contribution >= 0.6 is 0 Å². The van der Waals surface area contributed by atoms with Crippen molar-refractivity contribution in [1.29, 1.82) is 0 Å². The summed E-state index contributed by atoms with van der Waals surface area (Å²) in [4.78, 5) is 11.6. The van der Waals surface area contributed by atoms with Gasteiger partial charge in [-0.25, -0.2) is 0 Å². The molecule has 1 aromatic heterocycles. The standard InChI is InChI=1S/C17H20N4O2/c1-5-7-12-9-11(3)10-13(23-4)14(12)16-19-20-17(15(18)22)21(16)8-6-2/h5-6,9-10H,1-2,7-8H2,3-4H3,(H2,18,22). The SMILES string of the molecule is C=CCc1cc(C)cc(OC)c1-c1nnc(C(N)=O)n1CC=C. The van der Waals surface area contributed by atoms with E-state index in [1.807, 2.05) is 19.1 Å². The largest absolute Gasteiger partial charge is 0.496 e. The van der Waals surface area contributed by atoms with Crippen LogP contribution in [0.5, 0.6) is 5.75 Å². The van der Waals surface area contributed by atoms with Crippen LogP contribution in [0.2, 0.25) is 0 Å². The molecule has 0 bridgehead atoms. The van der Waals surface area contributed by atoms with Crippen molar-refractivity contribution in [3.05, 3.63) is 54.4 Å². The fourth-order valence-corrected chi connectivity index (χ4v) is 2.53. The van der Waals surface area contributed by atoms with Gasteiger partial charge in [-0.15, -0.1) is 23.4 Å². The summed E-state index contributed by atoms with van der Waals surface area (Å²) in [6.07, 6.45) is 4.11. The molecule has 2 aromatic rings. The van der Waals surface area contributed by atoms with Gasteiger partial charge in [-0.1, -0.05) is 18.2 Å². The van der Waals surface area contributed by atoms with E-state index in [9.17, 15) is 4.79 Å². The van der Waals surface area contributed by atoms with Gasteiger partial charge in [-0.05, 0) is 30.5 Å². The number of primary amides is 1. The molecular weight excluding hydrogens is 292 g/mol. The quantitative estimate of drug-likeness (QED) is 0.795. The second-order valence-corrected chi connectivity index (χ2v) is 5.10. The lowest BCUT2D eigenvalue weighted by molar-refractivity contribution is 0.0986. The molecule has 23 heavy (non-hydrogen) atoms. The molecule has 0 atom stereocenters. The molecule has 0 saturated heterocycles. The maximum absolute atomic E-state index is 11.6. The van der Waals surface area contributed by atoms with Crippen molar-refractivity contribution in [2.75, 3.05) is 7.11 Å². The van der Waals surface area contributed by atoms with Gasteiger partial charge < -0.3 is 10.5 Å². The summed E-state index contributed by atoms with van der Waals surface area (Å²) in [5, 5.41) is 8.08. The van der Waals surface area contributed by atoms with E-state index in [2.05, 4.69) is 23.4 Å². The molecule has 1 aromatic carbocycles. The lowest BCUT2D eigenvalue weighted by atomic mass is 9.99. The van der Waals surface area contributed by atoms with Crippen molar-refractivity contribution in [3.8, 4) is 17.1 Å². The molecule has 0 aliphatic heterocycles. The van der Waals surface area contributed by atoms with Crippen molar-refractivity contribution in [2.45, 2.75) is 19.9 Å². The maximum Gasteiger partial charge on any atom is 0.286 e. The van der Waals surface area contributed by atoms with Crippen LogP contribution < -0.4 is 10.5 Å². The van der Waals surface area contributed by atoms with Crippen molar-refractivity contribution < 1.29 is 9.53 Å². The fourth-order valence-electron chi connectivity index (χ4n) is 2.53. The van der Waals surface area contributed by atoms with Gasteiger partial charge in [0.15, 0.2) is 5.82 Å². The van der Waals surface area contributed by atoms with E-state index in [-0.39, 0.29) is 5.82 Å². The van der Waals surface area contributed by atoms with E-state index in [0.717, 1.165) is 16.7 Å². The fraction of sp³-hybridized carbons (Fsp3) is 0.235. The Balaban J connectivity index is 2.77. The Bertz CT molecular complexity index is 762. The number of methoxy groups -OCH3 is 1. The molecule has 0 saturated carbocycles. The Hall–Kier alpha value is -2.89. The molecule has 0 spiro atoms. The third kappa shape index (κ3) is 3.15. The highest BCUT2D eigenvalue weighted by Crippen LogP contribution is 2.34. The second-order valence-electron chi connectivity index (χ2n) is 5.10. The molecule has 1 amide bonds. The van der Waals surface area contributed by atoms with E-state index < -0.39 is 5.91 Å². The number of nitrogens with zero attached hydrogens (tertiary/aromatic N) is 3. The topological polar surface area (TPSA) is 83.0 Å². The summed E-state index contributed by atoms with van der Waals surface area (Å²) in [5.74, 6) is 0.636. The Morgan fingerprint density at radius 2 is 2.09 bits per heavy atom. The first-order chi connectivity index (χ1) is 11.0. The Kier molecular flexibility index (Phi) is 4.95. The van der Waals surface area contributed by atoms with Crippen LogP contribution in [0.25, 0.3) is 11.4 Å². The lowest BCUT2D eigenvalue weighted by Gasteiger charge is -2.15. The molecule has 0 aliphatic rings. The number of aromatic nitrogens is 3. The number of carbonyl (C=O) groups excluding carboxylic acids is 1. The van der Waals surface area contributed by atoms with E-state index in [4.69, 9.17) is 10.5 Å². The molecule has 1 heterocycles. The van der Waals surface area contributed by atoms with Crippen LogP contribution in [0, 0.1) is 6.92 Å². The number of ether oxygens (including phenoxy) is 1. The summed E-state index contributed by atoms with van der Waals surface area (Å²) in [7, 11) is 1.60. The van der Waals surface area contributed by atoms with Gasteiger partial charge >= 0.3 is 0 Å². The molecule has 120 valence electrons. The van der Waals surface area contributed by atoms with E-state index in [0.29, 0.717) is 24.5 Å². The van der Waals surface area contributed by atoms with Crippen LogP contribution in [-0.4, -0.2) is 27.8 Å². The molecule has 0 unspecified atom stereocenters. The number of aryl methyl sites for hydroxylation is 1. The average Bonchev–Trinajstić information content (AvgIpc) is 2.91. The number of carbonyl (C=O) groups is 1. The zero-order valence-electron chi connectivity index (χ0n) is 13.4. The Morgan fingerprint density at radius 3 is 2.65 bits per heavy atom. The zero-order valence-corrected chi connectivity index (χ0v) is 13.4. The van der Waals surface area contributed by atoms with Gasteiger partial charge in [0.25, 0.3) is 5.91 Å². The van der Waals surface area contributed by atoms with Crippen molar-refractivity contribution in [3.63, 3.8) is 0 Å². The number of hydrogen-bond donors (Lipinski definition) is 1.